The van der Waals surface area contributed by atoms with Crippen LogP contribution in [0.5, 0.6) is 11.5 Å². The molecule has 0 aliphatic heterocycles. The highest BCUT2D eigenvalue weighted by Crippen LogP contribution is 2.27. The molecule has 7 heteroatoms. The number of aromatic nitrogens is 2. The van der Waals surface area contributed by atoms with Gasteiger partial charge in [-0.25, -0.2) is 4.63 Å². The molecule has 0 saturated carbocycles. The Bertz CT molecular complexity index is 951. The van der Waals surface area contributed by atoms with Gasteiger partial charge in [0.1, 0.15) is 11.5 Å². The highest BCUT2D eigenvalue weighted by Gasteiger charge is 2.21. The second kappa shape index (κ2) is 8.56. The molecule has 0 aliphatic carbocycles. The maximum Gasteiger partial charge on any atom is 0.266 e. The van der Waals surface area contributed by atoms with E-state index in [0.29, 0.717) is 18.1 Å². The number of carbonyl (C=O) groups is 1. The molecular weight excluding hydrogens is 358 g/mol. The first kappa shape index (κ1) is 19.4. The third-order valence-electron chi connectivity index (χ3n) is 4.40. The Labute approximate surface area is 163 Å². The first-order valence-electron chi connectivity index (χ1n) is 9.09. The molecule has 0 bridgehead atoms. The predicted molar refractivity (Wildman–Crippen MR) is 106 cm³/mol. The highest BCUT2D eigenvalue weighted by atomic mass is 16.6. The lowest BCUT2D eigenvalue weighted by atomic mass is 10.1. The summed E-state index contributed by atoms with van der Waals surface area (Å²) < 4.78 is 16.1. The lowest BCUT2D eigenvalue weighted by Crippen LogP contribution is -2.30. The maximum atomic E-state index is 12.6. The monoisotopic (exact) mass is 381 g/mol. The molecule has 0 saturated heterocycles. The lowest BCUT2D eigenvalue weighted by Gasteiger charge is -2.16. The SMILES string of the molecule is CCOc1ccc(-c2nonc2NC(=O)C(C)Oc2cccc(C)c2C)cc1. The van der Waals surface area contributed by atoms with E-state index < -0.39 is 6.10 Å². The molecule has 0 aliphatic rings. The average molecular weight is 381 g/mol. The zero-order chi connectivity index (χ0) is 20.1. The van der Waals surface area contributed by atoms with Crippen LogP contribution in [0.25, 0.3) is 11.3 Å². The van der Waals surface area contributed by atoms with Gasteiger partial charge in [0.2, 0.25) is 5.82 Å². The van der Waals surface area contributed by atoms with Crippen molar-refractivity contribution < 1.29 is 18.9 Å². The number of aryl methyl sites for hydroxylation is 1. The molecule has 1 N–H and O–H groups in total. The second-order valence-corrected chi connectivity index (χ2v) is 6.37. The van der Waals surface area contributed by atoms with Crippen molar-refractivity contribution in [1.82, 2.24) is 10.3 Å². The van der Waals surface area contributed by atoms with Crippen molar-refractivity contribution in [3.63, 3.8) is 0 Å². The molecule has 3 rings (SSSR count). The minimum absolute atomic E-state index is 0.241. The van der Waals surface area contributed by atoms with Crippen LogP contribution in [0, 0.1) is 13.8 Å². The normalized spacial score (nSPS) is 11.7. The van der Waals surface area contributed by atoms with Crippen LogP contribution >= 0.6 is 0 Å². The summed E-state index contributed by atoms with van der Waals surface area (Å²) in [4.78, 5) is 12.6. The number of amides is 1. The summed E-state index contributed by atoms with van der Waals surface area (Å²) in [7, 11) is 0. The molecule has 1 unspecified atom stereocenters. The summed E-state index contributed by atoms with van der Waals surface area (Å²) in [6.07, 6.45) is -0.717. The van der Waals surface area contributed by atoms with Crippen molar-refractivity contribution in [3.8, 4) is 22.8 Å². The van der Waals surface area contributed by atoms with E-state index >= 15 is 0 Å². The van der Waals surface area contributed by atoms with Crippen LogP contribution in [0.4, 0.5) is 5.82 Å². The van der Waals surface area contributed by atoms with Crippen LogP contribution in [-0.4, -0.2) is 28.9 Å². The zero-order valence-electron chi connectivity index (χ0n) is 16.4. The Morgan fingerprint density at radius 2 is 1.89 bits per heavy atom. The Kier molecular flexibility index (Phi) is 5.93. The molecule has 0 radical (unpaired) electrons. The topological polar surface area (TPSA) is 86.5 Å². The van der Waals surface area contributed by atoms with E-state index in [9.17, 15) is 4.79 Å². The van der Waals surface area contributed by atoms with Crippen molar-refractivity contribution in [2.45, 2.75) is 33.8 Å². The number of anilines is 1. The molecule has 2 aromatic carbocycles. The summed E-state index contributed by atoms with van der Waals surface area (Å²) in [6, 6.07) is 13.0. The van der Waals surface area contributed by atoms with E-state index in [1.54, 1.807) is 6.92 Å². The number of rotatable bonds is 7. The van der Waals surface area contributed by atoms with E-state index in [-0.39, 0.29) is 11.7 Å². The molecule has 1 amide bonds. The van der Waals surface area contributed by atoms with Gasteiger partial charge in [0.15, 0.2) is 11.8 Å². The second-order valence-electron chi connectivity index (χ2n) is 6.37. The van der Waals surface area contributed by atoms with Crippen LogP contribution in [0.3, 0.4) is 0 Å². The number of benzene rings is 2. The molecule has 7 nitrogen and oxygen atoms in total. The molecule has 1 heterocycles. The van der Waals surface area contributed by atoms with E-state index in [1.165, 1.54) is 0 Å². The molecule has 28 heavy (non-hydrogen) atoms. The Hall–Kier alpha value is -3.35. The standard InChI is InChI=1S/C21H23N3O4/c1-5-26-17-11-9-16(10-12-17)19-20(24-28-23-19)22-21(25)15(4)27-18-8-6-7-13(2)14(18)3/h6-12,15H,5H2,1-4H3,(H,22,24,25). The fourth-order valence-electron chi connectivity index (χ4n) is 2.65. The molecular formula is C21H23N3O4. The third kappa shape index (κ3) is 4.31. The van der Waals surface area contributed by atoms with E-state index in [0.717, 1.165) is 22.4 Å². The van der Waals surface area contributed by atoms with Gasteiger partial charge in [-0.2, -0.15) is 0 Å². The Morgan fingerprint density at radius 1 is 1.14 bits per heavy atom. The maximum absolute atomic E-state index is 12.6. The van der Waals surface area contributed by atoms with Crippen LogP contribution < -0.4 is 14.8 Å². The number of nitrogens with one attached hydrogen (secondary N) is 1. The number of nitrogens with zero attached hydrogens (tertiary/aromatic N) is 2. The van der Waals surface area contributed by atoms with Gasteiger partial charge in [0.25, 0.3) is 5.91 Å². The van der Waals surface area contributed by atoms with E-state index in [1.807, 2.05) is 63.2 Å². The van der Waals surface area contributed by atoms with Crippen molar-refractivity contribution in [3.05, 3.63) is 53.6 Å². The number of ether oxygens (including phenoxy) is 2. The van der Waals surface area contributed by atoms with Gasteiger partial charge < -0.3 is 14.8 Å². The number of hydrogen-bond donors (Lipinski definition) is 1. The van der Waals surface area contributed by atoms with Gasteiger partial charge in [0, 0.05) is 5.56 Å². The Balaban J connectivity index is 1.71. The zero-order valence-corrected chi connectivity index (χ0v) is 16.4. The van der Waals surface area contributed by atoms with Gasteiger partial charge in [-0.05, 0) is 79.5 Å². The van der Waals surface area contributed by atoms with Gasteiger partial charge in [-0.15, -0.1) is 0 Å². The molecule has 0 fully saturated rings. The third-order valence-corrected chi connectivity index (χ3v) is 4.40. The smallest absolute Gasteiger partial charge is 0.266 e. The fraction of sp³-hybridized carbons (Fsp3) is 0.286. The molecule has 3 aromatic rings. The number of hydrogen-bond acceptors (Lipinski definition) is 6. The molecule has 1 aromatic heterocycles. The van der Waals surface area contributed by atoms with Crippen molar-refractivity contribution in [2.75, 3.05) is 11.9 Å². The predicted octanol–water partition coefficient (Wildman–Crippen LogP) is 4.16. The van der Waals surface area contributed by atoms with Crippen LogP contribution in [-0.2, 0) is 4.79 Å². The average Bonchev–Trinajstić information content (AvgIpc) is 3.14. The minimum atomic E-state index is -0.717. The van der Waals surface area contributed by atoms with Crippen LogP contribution in [0.1, 0.15) is 25.0 Å². The lowest BCUT2D eigenvalue weighted by molar-refractivity contribution is -0.122. The largest absolute Gasteiger partial charge is 0.494 e. The van der Waals surface area contributed by atoms with Crippen LogP contribution in [0.15, 0.2) is 47.1 Å². The molecule has 1 atom stereocenters. The molecule has 0 spiro atoms. The van der Waals surface area contributed by atoms with Crippen molar-refractivity contribution in [2.24, 2.45) is 0 Å². The van der Waals surface area contributed by atoms with Gasteiger partial charge in [-0.1, -0.05) is 12.1 Å². The first-order valence-corrected chi connectivity index (χ1v) is 9.09. The van der Waals surface area contributed by atoms with Crippen molar-refractivity contribution in [1.29, 1.82) is 0 Å². The number of carbonyl (C=O) groups excluding carboxylic acids is 1. The van der Waals surface area contributed by atoms with E-state index in [2.05, 4.69) is 15.6 Å². The summed E-state index contributed by atoms with van der Waals surface area (Å²) in [5.74, 6) is 1.32. The van der Waals surface area contributed by atoms with Gasteiger partial charge in [-0.3, -0.25) is 4.79 Å². The summed E-state index contributed by atoms with van der Waals surface area (Å²) >= 11 is 0. The van der Waals surface area contributed by atoms with Gasteiger partial charge in [0.05, 0.1) is 6.61 Å². The van der Waals surface area contributed by atoms with Crippen molar-refractivity contribution >= 4 is 11.7 Å². The quantitative estimate of drug-likeness (QED) is 0.661. The van der Waals surface area contributed by atoms with E-state index in [4.69, 9.17) is 14.1 Å². The summed E-state index contributed by atoms with van der Waals surface area (Å²) in [5.41, 5.74) is 3.29. The minimum Gasteiger partial charge on any atom is -0.494 e. The van der Waals surface area contributed by atoms with Crippen LogP contribution in [0.2, 0.25) is 0 Å². The first-order chi connectivity index (χ1) is 13.5. The molecule has 146 valence electrons. The fourth-order valence-corrected chi connectivity index (χ4v) is 2.65. The van der Waals surface area contributed by atoms with Gasteiger partial charge >= 0.3 is 0 Å². The summed E-state index contributed by atoms with van der Waals surface area (Å²) in [6.45, 7) is 8.15. The highest BCUT2D eigenvalue weighted by molar-refractivity contribution is 5.96. The Morgan fingerprint density at radius 3 is 2.61 bits per heavy atom. The summed E-state index contributed by atoms with van der Waals surface area (Å²) in [5, 5.41) is 10.4.